The van der Waals surface area contributed by atoms with Gasteiger partial charge in [0.25, 0.3) is 0 Å². The maximum absolute atomic E-state index is 13.9. The summed E-state index contributed by atoms with van der Waals surface area (Å²) in [7, 11) is 0. The highest BCUT2D eigenvalue weighted by molar-refractivity contribution is 8.00. The molecule has 0 bridgehead atoms. The van der Waals surface area contributed by atoms with Gasteiger partial charge in [0.05, 0.1) is 5.75 Å². The van der Waals surface area contributed by atoms with Crippen LogP contribution in [0.25, 0.3) is 0 Å². The average molecular weight is 415 g/mol. The molecule has 150 valence electrons. The molecule has 28 heavy (non-hydrogen) atoms. The number of rotatable bonds is 8. The van der Waals surface area contributed by atoms with Crippen molar-refractivity contribution < 1.29 is 31.9 Å². The summed E-state index contributed by atoms with van der Waals surface area (Å²) in [6, 6.07) is 9.92. The Labute approximate surface area is 163 Å². The highest BCUT2D eigenvalue weighted by atomic mass is 32.2. The number of thioether (sulfide) groups is 1. The Hall–Kier alpha value is -2.55. The van der Waals surface area contributed by atoms with Crippen LogP contribution in [0.15, 0.2) is 47.4 Å². The minimum atomic E-state index is -4.41. The molecule has 0 saturated carbocycles. The molecule has 2 aromatic carbocycles. The van der Waals surface area contributed by atoms with Crippen LogP contribution in [0.1, 0.15) is 22.8 Å². The number of ether oxygens (including phenoxy) is 1. The van der Waals surface area contributed by atoms with Crippen LogP contribution in [0.2, 0.25) is 0 Å². The lowest BCUT2D eigenvalue weighted by atomic mass is 10.1. The average Bonchev–Trinajstić information content (AvgIpc) is 2.63. The number of nitrogens with one attached hydrogen (secondary N) is 1. The standard InChI is InChI=1S/C19H17F4NO3S/c1-12(25)14-4-7-17(16(20)8-14)28-10-18(26)24-9-13-2-5-15(6-3-13)27-11-19(21,22)23/h2-8H,9-11H2,1H3,(H,24,26). The largest absolute Gasteiger partial charge is 0.484 e. The van der Waals surface area contributed by atoms with E-state index in [4.69, 9.17) is 0 Å². The summed E-state index contributed by atoms with van der Waals surface area (Å²) in [6.45, 7) is 0.138. The number of alkyl halides is 3. The van der Waals surface area contributed by atoms with Gasteiger partial charge in [-0.2, -0.15) is 13.2 Å². The van der Waals surface area contributed by atoms with Crippen LogP contribution in [0.5, 0.6) is 5.75 Å². The van der Waals surface area contributed by atoms with Crippen molar-refractivity contribution >= 4 is 23.5 Å². The maximum atomic E-state index is 13.9. The minimum absolute atomic E-state index is 0.0247. The maximum Gasteiger partial charge on any atom is 0.422 e. The first-order chi connectivity index (χ1) is 13.1. The topological polar surface area (TPSA) is 55.4 Å². The fourth-order valence-corrected chi connectivity index (χ4v) is 2.85. The summed E-state index contributed by atoms with van der Waals surface area (Å²) in [4.78, 5) is 23.4. The lowest BCUT2D eigenvalue weighted by Gasteiger charge is -2.10. The van der Waals surface area contributed by atoms with E-state index < -0.39 is 18.6 Å². The SMILES string of the molecule is CC(=O)c1ccc(SCC(=O)NCc2ccc(OCC(F)(F)F)cc2)c(F)c1. The van der Waals surface area contributed by atoms with Gasteiger partial charge in [0.1, 0.15) is 11.6 Å². The van der Waals surface area contributed by atoms with E-state index in [2.05, 4.69) is 10.1 Å². The molecule has 0 spiro atoms. The Morgan fingerprint density at radius 1 is 1.11 bits per heavy atom. The molecule has 4 nitrogen and oxygen atoms in total. The predicted molar refractivity (Wildman–Crippen MR) is 97.0 cm³/mol. The van der Waals surface area contributed by atoms with Gasteiger partial charge in [-0.15, -0.1) is 11.8 Å². The zero-order valence-electron chi connectivity index (χ0n) is 14.8. The van der Waals surface area contributed by atoms with E-state index in [9.17, 15) is 27.2 Å². The lowest BCUT2D eigenvalue weighted by Crippen LogP contribution is -2.24. The Morgan fingerprint density at radius 2 is 1.79 bits per heavy atom. The summed E-state index contributed by atoms with van der Waals surface area (Å²) in [5.74, 6) is -1.10. The molecule has 2 rings (SSSR count). The number of carbonyl (C=O) groups excluding carboxylic acids is 2. The molecule has 0 heterocycles. The van der Waals surface area contributed by atoms with Crippen LogP contribution >= 0.6 is 11.8 Å². The third kappa shape index (κ3) is 7.22. The van der Waals surface area contributed by atoms with E-state index in [-0.39, 0.29) is 40.2 Å². The van der Waals surface area contributed by atoms with Gasteiger partial charge >= 0.3 is 6.18 Å². The van der Waals surface area contributed by atoms with E-state index in [1.54, 1.807) is 12.1 Å². The van der Waals surface area contributed by atoms with Gasteiger partial charge in [0, 0.05) is 17.0 Å². The van der Waals surface area contributed by atoms with Crippen LogP contribution in [-0.4, -0.2) is 30.2 Å². The van der Waals surface area contributed by atoms with E-state index in [0.717, 1.165) is 17.8 Å². The smallest absolute Gasteiger partial charge is 0.422 e. The van der Waals surface area contributed by atoms with Crippen LogP contribution in [0.3, 0.4) is 0 Å². The van der Waals surface area contributed by atoms with Gasteiger partial charge < -0.3 is 10.1 Å². The summed E-state index contributed by atoms with van der Waals surface area (Å²) >= 11 is 0.997. The molecule has 1 N–H and O–H groups in total. The Morgan fingerprint density at radius 3 is 2.36 bits per heavy atom. The van der Waals surface area contributed by atoms with Gasteiger partial charge in [0.2, 0.25) is 5.91 Å². The first kappa shape index (κ1) is 21.7. The van der Waals surface area contributed by atoms with Crippen molar-refractivity contribution in [3.8, 4) is 5.75 Å². The van der Waals surface area contributed by atoms with Crippen molar-refractivity contribution in [3.63, 3.8) is 0 Å². The molecule has 0 aliphatic carbocycles. The minimum Gasteiger partial charge on any atom is -0.484 e. The molecule has 0 aliphatic rings. The van der Waals surface area contributed by atoms with Crippen molar-refractivity contribution in [2.75, 3.05) is 12.4 Å². The number of ketones is 1. The first-order valence-corrected chi connectivity index (χ1v) is 9.11. The summed E-state index contributed by atoms with van der Waals surface area (Å²) in [5, 5.41) is 2.64. The van der Waals surface area contributed by atoms with Crippen LogP contribution < -0.4 is 10.1 Å². The molecule has 0 radical (unpaired) electrons. The van der Waals surface area contributed by atoms with Gasteiger partial charge in [-0.25, -0.2) is 4.39 Å². The monoisotopic (exact) mass is 415 g/mol. The number of benzene rings is 2. The summed E-state index contributed by atoms with van der Waals surface area (Å²) < 4.78 is 54.8. The molecule has 1 amide bonds. The number of Topliss-reactive ketones (excluding diaryl/α,β-unsaturated/α-hetero) is 1. The predicted octanol–water partition coefficient (Wildman–Crippen LogP) is 4.38. The Bertz CT molecular complexity index is 838. The molecule has 2 aromatic rings. The number of halogens is 4. The van der Waals surface area contributed by atoms with E-state index in [0.29, 0.717) is 5.56 Å². The Kier molecular flexibility index (Phi) is 7.45. The number of hydrogen-bond donors (Lipinski definition) is 1. The van der Waals surface area contributed by atoms with Crippen molar-refractivity contribution in [1.29, 1.82) is 0 Å². The van der Waals surface area contributed by atoms with Crippen LogP contribution in [-0.2, 0) is 11.3 Å². The fourth-order valence-electron chi connectivity index (χ4n) is 2.10. The molecule has 0 unspecified atom stereocenters. The van der Waals surface area contributed by atoms with Crippen molar-refractivity contribution in [3.05, 3.63) is 59.4 Å². The van der Waals surface area contributed by atoms with E-state index in [1.165, 1.54) is 31.2 Å². The third-order valence-corrected chi connectivity index (χ3v) is 4.56. The fraction of sp³-hybridized carbons (Fsp3) is 0.263. The van der Waals surface area contributed by atoms with Gasteiger partial charge in [-0.1, -0.05) is 18.2 Å². The van der Waals surface area contributed by atoms with Gasteiger partial charge in [-0.05, 0) is 36.8 Å². The number of hydrogen-bond acceptors (Lipinski definition) is 4. The molecular weight excluding hydrogens is 398 g/mol. The number of amides is 1. The molecule has 0 atom stereocenters. The van der Waals surface area contributed by atoms with Crippen molar-refractivity contribution in [2.24, 2.45) is 0 Å². The normalized spacial score (nSPS) is 11.2. The van der Waals surface area contributed by atoms with E-state index in [1.807, 2.05) is 0 Å². The number of carbonyl (C=O) groups is 2. The van der Waals surface area contributed by atoms with Gasteiger partial charge in [-0.3, -0.25) is 9.59 Å². The van der Waals surface area contributed by atoms with Crippen molar-refractivity contribution in [1.82, 2.24) is 5.32 Å². The van der Waals surface area contributed by atoms with Crippen LogP contribution in [0, 0.1) is 5.82 Å². The third-order valence-electron chi connectivity index (χ3n) is 3.51. The highest BCUT2D eigenvalue weighted by Crippen LogP contribution is 2.23. The lowest BCUT2D eigenvalue weighted by molar-refractivity contribution is -0.153. The second kappa shape index (κ2) is 9.59. The quantitative estimate of drug-likeness (QED) is 0.395. The molecular formula is C19H17F4NO3S. The second-order valence-electron chi connectivity index (χ2n) is 5.81. The van der Waals surface area contributed by atoms with Crippen molar-refractivity contribution in [2.45, 2.75) is 24.5 Å². The molecule has 0 aliphatic heterocycles. The second-order valence-corrected chi connectivity index (χ2v) is 6.83. The van der Waals surface area contributed by atoms with Gasteiger partial charge in [0.15, 0.2) is 12.4 Å². The first-order valence-electron chi connectivity index (χ1n) is 8.12. The molecule has 0 fully saturated rings. The van der Waals surface area contributed by atoms with E-state index >= 15 is 0 Å². The highest BCUT2D eigenvalue weighted by Gasteiger charge is 2.28. The molecule has 0 aromatic heterocycles. The molecule has 0 saturated heterocycles. The molecule has 9 heteroatoms. The van der Waals surface area contributed by atoms with Crippen LogP contribution in [0.4, 0.5) is 17.6 Å². The summed E-state index contributed by atoms with van der Waals surface area (Å²) in [6.07, 6.45) is -4.41. The zero-order chi connectivity index (χ0) is 20.7. The zero-order valence-corrected chi connectivity index (χ0v) is 15.6. The Balaban J connectivity index is 1.79. The summed E-state index contributed by atoms with van der Waals surface area (Å²) in [5.41, 5.74) is 0.934.